The number of nitrogens with zero attached hydrogens (tertiary/aromatic N) is 2. The first-order valence-corrected chi connectivity index (χ1v) is 9.96. The van der Waals surface area contributed by atoms with Gasteiger partial charge < -0.3 is 5.32 Å². The molecule has 6 nitrogen and oxygen atoms in total. The number of hydrogen-bond donors (Lipinski definition) is 1. The van der Waals surface area contributed by atoms with Gasteiger partial charge in [-0.05, 0) is 30.3 Å². The van der Waals surface area contributed by atoms with E-state index < -0.39 is 65.0 Å². The summed E-state index contributed by atoms with van der Waals surface area (Å²) in [6.07, 6.45) is -6.11. The highest BCUT2D eigenvalue weighted by Crippen LogP contribution is 2.29. The summed E-state index contributed by atoms with van der Waals surface area (Å²) in [6, 6.07) is 2.32. The molecule has 2 aliphatic heterocycles. The molecule has 2 heterocycles. The minimum atomic E-state index is -4.70. The number of rotatable bonds is 4. The molecule has 12 heteroatoms. The topological polar surface area (TPSA) is 78.8 Å². The Balaban J connectivity index is 1.80. The van der Waals surface area contributed by atoms with E-state index in [9.17, 15) is 35.2 Å². The zero-order chi connectivity index (χ0) is 21.4. The largest absolute Gasteiger partial charge is 0.432 e. The number of allylic oxidation sites excluding steroid dienone is 1. The number of nitrogens with one attached hydrogen (secondary N) is 1. The molecule has 29 heavy (non-hydrogen) atoms. The summed E-state index contributed by atoms with van der Waals surface area (Å²) in [5.41, 5.74) is -1.18. The number of sulfonamides is 1. The van der Waals surface area contributed by atoms with Crippen LogP contribution < -0.4 is 5.32 Å². The Hall–Kier alpha value is -2.34. The predicted octanol–water partition coefficient (Wildman–Crippen LogP) is 2.33. The van der Waals surface area contributed by atoms with Crippen LogP contribution >= 0.6 is 0 Å². The van der Waals surface area contributed by atoms with Crippen molar-refractivity contribution < 1.29 is 35.2 Å². The Labute approximate surface area is 163 Å². The summed E-state index contributed by atoms with van der Waals surface area (Å²) in [5.74, 6) is -1.63. The quantitative estimate of drug-likeness (QED) is 0.735. The normalized spacial score (nSPS) is 25.7. The summed E-state index contributed by atoms with van der Waals surface area (Å²) in [6.45, 7) is -0.598. The molecule has 1 N–H and O–H groups in total. The molecule has 3 atom stereocenters. The molecule has 0 radical (unpaired) electrons. The predicted molar refractivity (Wildman–Crippen MR) is 92.8 cm³/mol. The number of carbonyl (C=O) groups is 1. The second-order valence-corrected chi connectivity index (χ2v) is 8.44. The molecule has 2 aliphatic rings. The molecular formula is C17H16F5N3O3S. The van der Waals surface area contributed by atoms with Crippen LogP contribution in [0.4, 0.5) is 22.0 Å². The molecular weight excluding hydrogens is 421 g/mol. The average molecular weight is 437 g/mol. The van der Waals surface area contributed by atoms with Gasteiger partial charge in [-0.25, -0.2) is 17.2 Å². The average Bonchev–Trinajstić information content (AvgIpc) is 3.04. The SMILES string of the molecule is O=C(NC1CC=CC(C(F)(F)F)=N1)[C@@H]1C[C@@H](F)CN1S(=O)(=O)c1ccc(F)cc1. The molecule has 0 saturated carbocycles. The Bertz CT molecular complexity index is 944. The molecule has 1 aromatic rings. The van der Waals surface area contributed by atoms with Crippen molar-refractivity contribution in [1.82, 2.24) is 9.62 Å². The number of carbonyl (C=O) groups excluding carboxylic acids is 1. The van der Waals surface area contributed by atoms with Crippen LogP contribution in [-0.2, 0) is 14.8 Å². The van der Waals surface area contributed by atoms with E-state index in [4.69, 9.17) is 0 Å². The van der Waals surface area contributed by atoms with E-state index in [0.29, 0.717) is 4.31 Å². The second kappa shape index (κ2) is 7.82. The van der Waals surface area contributed by atoms with Crippen molar-refractivity contribution in [3.05, 3.63) is 42.2 Å². The first kappa shape index (κ1) is 21.4. The van der Waals surface area contributed by atoms with Crippen molar-refractivity contribution in [2.45, 2.75) is 42.3 Å². The smallest absolute Gasteiger partial charge is 0.333 e. The van der Waals surface area contributed by atoms with Gasteiger partial charge in [0.2, 0.25) is 15.9 Å². The number of dihydropyridines is 1. The van der Waals surface area contributed by atoms with Gasteiger partial charge in [0.25, 0.3) is 0 Å². The molecule has 158 valence electrons. The molecule has 1 fully saturated rings. The third-order valence-corrected chi connectivity index (χ3v) is 6.35. The fourth-order valence-electron chi connectivity index (χ4n) is 3.09. The molecule has 1 saturated heterocycles. The zero-order valence-electron chi connectivity index (χ0n) is 14.7. The summed E-state index contributed by atoms with van der Waals surface area (Å²) in [5, 5.41) is 2.24. The van der Waals surface area contributed by atoms with Crippen LogP contribution in [0.2, 0.25) is 0 Å². The van der Waals surface area contributed by atoms with Gasteiger partial charge >= 0.3 is 6.18 Å². The lowest BCUT2D eigenvalue weighted by Crippen LogP contribution is -2.49. The Morgan fingerprint density at radius 3 is 2.48 bits per heavy atom. The Kier molecular flexibility index (Phi) is 5.77. The Morgan fingerprint density at radius 1 is 1.21 bits per heavy atom. The third-order valence-electron chi connectivity index (χ3n) is 4.46. The van der Waals surface area contributed by atoms with Crippen LogP contribution in [0.1, 0.15) is 12.8 Å². The lowest BCUT2D eigenvalue weighted by atomic mass is 10.1. The fraction of sp³-hybridized carbons (Fsp3) is 0.412. The molecule has 0 spiro atoms. The molecule has 1 unspecified atom stereocenters. The van der Waals surface area contributed by atoms with Gasteiger partial charge in [-0.1, -0.05) is 6.08 Å². The lowest BCUT2D eigenvalue weighted by Gasteiger charge is -2.25. The molecule has 1 aromatic carbocycles. The highest BCUT2D eigenvalue weighted by molar-refractivity contribution is 7.89. The van der Waals surface area contributed by atoms with E-state index in [1.54, 1.807) is 0 Å². The van der Waals surface area contributed by atoms with Crippen molar-refractivity contribution in [3.8, 4) is 0 Å². The highest BCUT2D eigenvalue weighted by atomic mass is 32.2. The van der Waals surface area contributed by atoms with Crippen molar-refractivity contribution >= 4 is 21.6 Å². The van der Waals surface area contributed by atoms with E-state index in [1.807, 2.05) is 0 Å². The molecule has 1 amide bonds. The van der Waals surface area contributed by atoms with Crippen molar-refractivity contribution in [3.63, 3.8) is 0 Å². The minimum Gasteiger partial charge on any atom is -0.333 e. The van der Waals surface area contributed by atoms with E-state index in [0.717, 1.165) is 30.3 Å². The van der Waals surface area contributed by atoms with Crippen LogP contribution in [0.5, 0.6) is 0 Å². The van der Waals surface area contributed by atoms with Crippen molar-refractivity contribution in [2.75, 3.05) is 6.54 Å². The molecule has 0 bridgehead atoms. The highest BCUT2D eigenvalue weighted by Gasteiger charge is 2.45. The summed E-state index contributed by atoms with van der Waals surface area (Å²) in [4.78, 5) is 15.6. The Morgan fingerprint density at radius 2 is 1.86 bits per heavy atom. The van der Waals surface area contributed by atoms with E-state index in [1.165, 1.54) is 6.08 Å². The number of hydrogen-bond acceptors (Lipinski definition) is 4. The van der Waals surface area contributed by atoms with Crippen LogP contribution in [-0.4, -0.2) is 55.4 Å². The minimum absolute atomic E-state index is 0.0260. The van der Waals surface area contributed by atoms with Crippen molar-refractivity contribution in [2.24, 2.45) is 4.99 Å². The van der Waals surface area contributed by atoms with Gasteiger partial charge in [-0.2, -0.15) is 17.5 Å². The first-order valence-electron chi connectivity index (χ1n) is 8.52. The van der Waals surface area contributed by atoms with Crippen LogP contribution in [0.15, 0.2) is 46.3 Å². The van der Waals surface area contributed by atoms with Gasteiger partial charge in [0.15, 0.2) is 0 Å². The van der Waals surface area contributed by atoms with E-state index >= 15 is 0 Å². The molecule has 0 aromatic heterocycles. The fourth-order valence-corrected chi connectivity index (χ4v) is 4.72. The maximum absolute atomic E-state index is 14.0. The summed E-state index contributed by atoms with van der Waals surface area (Å²) in [7, 11) is -4.32. The maximum atomic E-state index is 14.0. The van der Waals surface area contributed by atoms with Gasteiger partial charge in [0, 0.05) is 19.4 Å². The maximum Gasteiger partial charge on any atom is 0.432 e. The van der Waals surface area contributed by atoms with Crippen LogP contribution in [0, 0.1) is 5.82 Å². The van der Waals surface area contributed by atoms with Gasteiger partial charge in [-0.15, -0.1) is 0 Å². The number of halogens is 5. The standard InChI is InChI=1S/C17H16F5N3O3S/c18-10-4-6-12(7-5-10)29(27,28)25-9-11(19)8-13(25)16(26)24-15-3-1-2-14(23-15)17(20,21)22/h1-2,4-7,11,13,15H,3,8-9H2,(H,24,26)/t11-,13+,15?/m1/s1. The third kappa shape index (κ3) is 4.64. The van der Waals surface area contributed by atoms with Gasteiger partial charge in [-0.3, -0.25) is 9.79 Å². The second-order valence-electron chi connectivity index (χ2n) is 6.55. The molecule has 3 rings (SSSR count). The number of amides is 1. The van der Waals surface area contributed by atoms with E-state index in [-0.39, 0.29) is 11.3 Å². The molecule has 0 aliphatic carbocycles. The summed E-state index contributed by atoms with van der Waals surface area (Å²) >= 11 is 0. The summed E-state index contributed by atoms with van der Waals surface area (Å²) < 4.78 is 91.5. The van der Waals surface area contributed by atoms with Crippen molar-refractivity contribution in [1.29, 1.82) is 0 Å². The van der Waals surface area contributed by atoms with E-state index in [2.05, 4.69) is 10.3 Å². The zero-order valence-corrected chi connectivity index (χ0v) is 15.6. The first-order chi connectivity index (χ1) is 13.5. The van der Waals surface area contributed by atoms with Crippen LogP contribution in [0.3, 0.4) is 0 Å². The lowest BCUT2D eigenvalue weighted by molar-refractivity contribution is -0.125. The van der Waals surface area contributed by atoms with Gasteiger partial charge in [0.1, 0.15) is 29.9 Å². The number of alkyl halides is 4. The number of benzene rings is 1. The number of aliphatic imine (C=N–C) groups is 1. The monoisotopic (exact) mass is 437 g/mol. The van der Waals surface area contributed by atoms with Gasteiger partial charge in [0.05, 0.1) is 4.90 Å². The van der Waals surface area contributed by atoms with Crippen LogP contribution in [0.25, 0.3) is 0 Å².